The first-order chi connectivity index (χ1) is 7.33. The summed E-state index contributed by atoms with van der Waals surface area (Å²) in [5.74, 6) is 0. The molecule has 4 nitrogen and oxygen atoms in total. The van der Waals surface area contributed by atoms with Crippen LogP contribution >= 0.6 is 0 Å². The summed E-state index contributed by atoms with van der Waals surface area (Å²) < 4.78 is 0. The molecule has 0 saturated heterocycles. The zero-order chi connectivity index (χ0) is 11.1. The lowest BCUT2D eigenvalue weighted by Gasteiger charge is -2.23. The SMILES string of the molecule is CCCCCCN1N=CN(CC)C1C#N. The van der Waals surface area contributed by atoms with Crippen molar-refractivity contribution in [3.8, 4) is 6.07 Å². The largest absolute Gasteiger partial charge is 0.328 e. The van der Waals surface area contributed by atoms with Crippen molar-refractivity contribution in [3.63, 3.8) is 0 Å². The van der Waals surface area contributed by atoms with Crippen LogP contribution in [0, 0.1) is 11.3 Å². The number of hydrazone groups is 1. The van der Waals surface area contributed by atoms with E-state index in [0.717, 1.165) is 19.5 Å². The van der Waals surface area contributed by atoms with Crippen molar-refractivity contribution in [1.29, 1.82) is 5.26 Å². The van der Waals surface area contributed by atoms with E-state index in [1.807, 2.05) is 16.8 Å². The van der Waals surface area contributed by atoms with Gasteiger partial charge in [-0.1, -0.05) is 26.2 Å². The minimum Gasteiger partial charge on any atom is -0.328 e. The summed E-state index contributed by atoms with van der Waals surface area (Å²) in [4.78, 5) is 1.96. The van der Waals surface area contributed by atoms with Crippen LogP contribution < -0.4 is 0 Å². The summed E-state index contributed by atoms with van der Waals surface area (Å²) >= 11 is 0. The van der Waals surface area contributed by atoms with E-state index >= 15 is 0 Å². The zero-order valence-electron chi connectivity index (χ0n) is 9.69. The Hall–Kier alpha value is -1.24. The fourth-order valence-corrected chi connectivity index (χ4v) is 1.71. The van der Waals surface area contributed by atoms with E-state index in [1.54, 1.807) is 6.34 Å². The smallest absolute Gasteiger partial charge is 0.207 e. The Labute approximate surface area is 92.2 Å². The summed E-state index contributed by atoms with van der Waals surface area (Å²) in [6.45, 7) is 5.97. The lowest BCUT2D eigenvalue weighted by atomic mass is 10.2. The minimum atomic E-state index is -0.184. The number of hydrogen-bond acceptors (Lipinski definition) is 4. The summed E-state index contributed by atoms with van der Waals surface area (Å²) in [6.07, 6.45) is 6.45. The second-order valence-electron chi connectivity index (χ2n) is 3.79. The van der Waals surface area contributed by atoms with Crippen LogP contribution in [-0.2, 0) is 0 Å². The highest BCUT2D eigenvalue weighted by Crippen LogP contribution is 2.12. The van der Waals surface area contributed by atoms with E-state index in [9.17, 15) is 0 Å². The van der Waals surface area contributed by atoms with Gasteiger partial charge in [0.25, 0.3) is 0 Å². The number of nitriles is 1. The average Bonchev–Trinajstić information content (AvgIpc) is 2.66. The number of hydrogen-bond donors (Lipinski definition) is 0. The molecule has 0 radical (unpaired) electrons. The van der Waals surface area contributed by atoms with Gasteiger partial charge in [-0.15, -0.1) is 0 Å². The Balaban J connectivity index is 2.30. The van der Waals surface area contributed by atoms with Gasteiger partial charge in [0.2, 0.25) is 6.17 Å². The normalized spacial score (nSPS) is 19.7. The Morgan fingerprint density at radius 1 is 1.33 bits per heavy atom. The first-order valence-electron chi connectivity index (χ1n) is 5.79. The molecule has 1 atom stereocenters. The van der Waals surface area contributed by atoms with Crippen molar-refractivity contribution in [3.05, 3.63) is 0 Å². The standard InChI is InChI=1S/C11H20N4/c1-3-5-6-7-8-15-11(9-12)14(4-2)10-13-15/h10-11H,3-8H2,1-2H3. The quantitative estimate of drug-likeness (QED) is 0.627. The summed E-state index contributed by atoms with van der Waals surface area (Å²) in [5, 5.41) is 15.2. The molecule has 1 rings (SSSR count). The maximum absolute atomic E-state index is 9.03. The van der Waals surface area contributed by atoms with Crippen LogP contribution in [0.25, 0.3) is 0 Å². The maximum atomic E-state index is 9.03. The molecular formula is C11H20N4. The van der Waals surface area contributed by atoms with E-state index in [-0.39, 0.29) is 6.17 Å². The third-order valence-electron chi connectivity index (χ3n) is 2.67. The molecule has 84 valence electrons. The van der Waals surface area contributed by atoms with Gasteiger partial charge in [0.05, 0.1) is 0 Å². The third-order valence-corrected chi connectivity index (χ3v) is 2.67. The molecule has 0 bridgehead atoms. The zero-order valence-corrected chi connectivity index (χ0v) is 9.69. The van der Waals surface area contributed by atoms with Gasteiger partial charge >= 0.3 is 0 Å². The molecule has 4 heteroatoms. The van der Waals surface area contributed by atoms with Crippen LogP contribution in [0.3, 0.4) is 0 Å². The Kier molecular flexibility index (Phi) is 4.96. The van der Waals surface area contributed by atoms with Crippen LogP contribution in [0.5, 0.6) is 0 Å². The van der Waals surface area contributed by atoms with Crippen molar-refractivity contribution >= 4 is 6.34 Å². The van der Waals surface area contributed by atoms with Gasteiger partial charge in [0.15, 0.2) is 0 Å². The third kappa shape index (κ3) is 3.12. The first kappa shape index (κ1) is 11.8. The highest BCUT2D eigenvalue weighted by Gasteiger charge is 2.25. The summed E-state index contributed by atoms with van der Waals surface area (Å²) in [7, 11) is 0. The van der Waals surface area contributed by atoms with Gasteiger partial charge < -0.3 is 4.90 Å². The lowest BCUT2D eigenvalue weighted by Crippen LogP contribution is -2.38. The number of unbranched alkanes of at least 4 members (excludes halogenated alkanes) is 3. The van der Waals surface area contributed by atoms with E-state index in [4.69, 9.17) is 5.26 Å². The van der Waals surface area contributed by atoms with Gasteiger partial charge in [-0.3, -0.25) is 5.01 Å². The molecule has 0 fully saturated rings. The topological polar surface area (TPSA) is 42.6 Å². The van der Waals surface area contributed by atoms with Crippen LogP contribution in [0.15, 0.2) is 5.10 Å². The second-order valence-corrected chi connectivity index (χ2v) is 3.79. The summed E-state index contributed by atoms with van der Waals surface area (Å²) in [6, 6.07) is 2.28. The van der Waals surface area contributed by atoms with Crippen LogP contribution in [0.1, 0.15) is 39.5 Å². The lowest BCUT2D eigenvalue weighted by molar-refractivity contribution is 0.178. The maximum Gasteiger partial charge on any atom is 0.207 e. The van der Waals surface area contributed by atoms with Crippen LogP contribution in [0.2, 0.25) is 0 Å². The minimum absolute atomic E-state index is 0.184. The van der Waals surface area contributed by atoms with E-state index in [1.165, 1.54) is 19.3 Å². The van der Waals surface area contributed by atoms with Crippen molar-refractivity contribution in [2.45, 2.75) is 45.7 Å². The van der Waals surface area contributed by atoms with E-state index < -0.39 is 0 Å². The highest BCUT2D eigenvalue weighted by atomic mass is 15.6. The molecule has 0 amide bonds. The molecule has 0 aromatic carbocycles. The first-order valence-corrected chi connectivity index (χ1v) is 5.79. The second kappa shape index (κ2) is 6.28. The predicted molar refractivity (Wildman–Crippen MR) is 61.1 cm³/mol. The molecule has 0 aliphatic carbocycles. The molecule has 1 heterocycles. The molecule has 15 heavy (non-hydrogen) atoms. The fourth-order valence-electron chi connectivity index (χ4n) is 1.71. The van der Waals surface area contributed by atoms with Crippen LogP contribution in [0.4, 0.5) is 0 Å². The molecule has 0 spiro atoms. The fraction of sp³-hybridized carbons (Fsp3) is 0.818. The Morgan fingerprint density at radius 2 is 2.13 bits per heavy atom. The van der Waals surface area contributed by atoms with E-state index in [2.05, 4.69) is 18.1 Å². The molecule has 1 aliphatic rings. The van der Waals surface area contributed by atoms with Gasteiger partial charge in [0, 0.05) is 13.1 Å². The molecule has 0 aromatic rings. The monoisotopic (exact) mass is 208 g/mol. The van der Waals surface area contributed by atoms with Crippen molar-refractivity contribution in [1.82, 2.24) is 9.91 Å². The Bertz CT molecular complexity index is 243. The molecule has 0 aromatic heterocycles. The van der Waals surface area contributed by atoms with Gasteiger partial charge in [0.1, 0.15) is 12.4 Å². The number of rotatable bonds is 6. The van der Waals surface area contributed by atoms with Crippen LogP contribution in [-0.4, -0.2) is 35.5 Å². The highest BCUT2D eigenvalue weighted by molar-refractivity contribution is 5.57. The van der Waals surface area contributed by atoms with Gasteiger partial charge in [-0.25, -0.2) is 0 Å². The molecule has 0 N–H and O–H groups in total. The molecular weight excluding hydrogens is 188 g/mol. The van der Waals surface area contributed by atoms with Crippen molar-refractivity contribution < 1.29 is 0 Å². The molecule has 1 aliphatic heterocycles. The van der Waals surface area contributed by atoms with Crippen molar-refractivity contribution in [2.24, 2.45) is 5.10 Å². The number of nitrogens with zero attached hydrogens (tertiary/aromatic N) is 4. The van der Waals surface area contributed by atoms with Gasteiger partial charge in [-0.05, 0) is 13.3 Å². The van der Waals surface area contributed by atoms with Gasteiger partial charge in [-0.2, -0.15) is 10.4 Å². The summed E-state index contributed by atoms with van der Waals surface area (Å²) in [5.41, 5.74) is 0. The predicted octanol–water partition coefficient (Wildman–Crippen LogP) is 2.00. The average molecular weight is 208 g/mol. The van der Waals surface area contributed by atoms with Crippen molar-refractivity contribution in [2.75, 3.05) is 13.1 Å². The Morgan fingerprint density at radius 3 is 2.73 bits per heavy atom. The molecule has 0 saturated carbocycles. The molecule has 1 unspecified atom stereocenters. The van der Waals surface area contributed by atoms with E-state index in [0.29, 0.717) is 0 Å².